The van der Waals surface area contributed by atoms with Gasteiger partial charge in [-0.25, -0.2) is 4.98 Å². The molecule has 0 fully saturated rings. The fourth-order valence-corrected chi connectivity index (χ4v) is 3.10. The van der Waals surface area contributed by atoms with Crippen LogP contribution in [0, 0.1) is 0 Å². The number of ether oxygens (including phenoxy) is 1. The van der Waals surface area contributed by atoms with E-state index in [1.807, 2.05) is 17.6 Å². The number of halogens is 1. The molecule has 0 bridgehead atoms. The summed E-state index contributed by atoms with van der Waals surface area (Å²) < 4.78 is 18.5. The third kappa shape index (κ3) is 3.55. The van der Waals surface area contributed by atoms with Crippen molar-refractivity contribution in [1.29, 1.82) is 0 Å². The van der Waals surface area contributed by atoms with E-state index in [1.54, 1.807) is 19.4 Å². The van der Waals surface area contributed by atoms with Crippen LogP contribution in [0.1, 0.15) is 37.5 Å². The normalized spacial score (nSPS) is 15.9. The summed E-state index contributed by atoms with van der Waals surface area (Å²) in [7, 11) is 0.770. The lowest BCUT2D eigenvalue weighted by Gasteiger charge is -2.17. The molecular formula is C14H20ClN3O2S. The zero-order valence-electron chi connectivity index (χ0n) is 12.7. The van der Waals surface area contributed by atoms with E-state index in [1.165, 1.54) is 0 Å². The lowest BCUT2D eigenvalue weighted by Crippen LogP contribution is -2.13. The Balaban J connectivity index is 2.50. The molecule has 0 aromatic carbocycles. The lowest BCUT2D eigenvalue weighted by molar-refractivity contribution is 0.398. The van der Waals surface area contributed by atoms with Crippen molar-refractivity contribution in [3.05, 3.63) is 18.0 Å². The Hall–Kier alpha value is -1.14. The lowest BCUT2D eigenvalue weighted by atomic mass is 10.2. The molecule has 0 saturated heterocycles. The van der Waals surface area contributed by atoms with E-state index in [0.29, 0.717) is 11.6 Å². The first-order chi connectivity index (χ1) is 9.93. The molecule has 0 radical (unpaired) electrons. The van der Waals surface area contributed by atoms with E-state index < -0.39 is 10.8 Å². The number of nitrogens with zero attached hydrogens (tertiary/aromatic N) is 3. The predicted octanol–water partition coefficient (Wildman–Crippen LogP) is 3.07. The second-order valence-electron chi connectivity index (χ2n) is 5.07. The molecule has 21 heavy (non-hydrogen) atoms. The van der Waals surface area contributed by atoms with E-state index >= 15 is 0 Å². The number of hydrogen-bond acceptors (Lipinski definition) is 4. The van der Waals surface area contributed by atoms with Gasteiger partial charge < -0.3 is 9.30 Å². The van der Waals surface area contributed by atoms with Gasteiger partial charge in [0.05, 0.1) is 12.5 Å². The number of imidazole rings is 1. The molecule has 2 rings (SSSR count). The van der Waals surface area contributed by atoms with E-state index in [0.717, 1.165) is 23.4 Å². The van der Waals surface area contributed by atoms with Crippen molar-refractivity contribution in [1.82, 2.24) is 14.5 Å². The van der Waals surface area contributed by atoms with E-state index in [4.69, 9.17) is 16.3 Å². The van der Waals surface area contributed by atoms with Crippen LogP contribution in [0.2, 0.25) is 0 Å². The monoisotopic (exact) mass is 329 g/mol. The Morgan fingerprint density at radius 3 is 2.67 bits per heavy atom. The molecule has 5 nitrogen and oxygen atoms in total. The number of hydrogen-bond donors (Lipinski definition) is 0. The number of aromatic nitrogens is 3. The van der Waals surface area contributed by atoms with Crippen LogP contribution in [0.25, 0.3) is 11.2 Å². The number of pyridine rings is 1. The molecular weight excluding hydrogens is 310 g/mol. The van der Waals surface area contributed by atoms with Crippen LogP contribution in [-0.2, 0) is 10.8 Å². The molecule has 3 unspecified atom stereocenters. The van der Waals surface area contributed by atoms with Crippen LogP contribution >= 0.6 is 11.6 Å². The maximum absolute atomic E-state index is 11.3. The van der Waals surface area contributed by atoms with Gasteiger partial charge in [0.15, 0.2) is 5.65 Å². The van der Waals surface area contributed by atoms with Crippen LogP contribution in [0.15, 0.2) is 12.1 Å². The van der Waals surface area contributed by atoms with Gasteiger partial charge in [-0.05, 0) is 26.3 Å². The summed E-state index contributed by atoms with van der Waals surface area (Å²) in [5, 5.41) is -0.222. The quantitative estimate of drug-likeness (QED) is 0.764. The van der Waals surface area contributed by atoms with Gasteiger partial charge in [-0.1, -0.05) is 0 Å². The molecule has 0 aliphatic carbocycles. The van der Waals surface area contributed by atoms with Crippen molar-refractivity contribution in [2.75, 3.05) is 19.1 Å². The Bertz CT molecular complexity index is 657. The molecule has 116 valence electrons. The number of methoxy groups -OCH3 is 1. The summed E-state index contributed by atoms with van der Waals surface area (Å²) in [6.45, 7) is 3.96. The topological polar surface area (TPSA) is 57.0 Å². The smallest absolute Gasteiger partial charge is 0.215 e. The molecule has 2 aromatic heterocycles. The Labute approximate surface area is 132 Å². The van der Waals surface area contributed by atoms with Crippen molar-refractivity contribution in [2.24, 2.45) is 0 Å². The zero-order valence-corrected chi connectivity index (χ0v) is 14.2. The number of rotatable bonds is 6. The van der Waals surface area contributed by atoms with Gasteiger partial charge in [-0.15, -0.1) is 11.6 Å². The molecule has 0 saturated carbocycles. The van der Waals surface area contributed by atoms with Gasteiger partial charge in [0.1, 0.15) is 11.3 Å². The first kappa shape index (κ1) is 16.2. The maximum Gasteiger partial charge on any atom is 0.215 e. The standard InChI is InChI=1S/C14H20ClN3O2S/c1-9(7-8-21(4)19)18-13(10(2)15)16-11-5-6-12(20-3)17-14(11)18/h5-6,9-10H,7-8H2,1-4H3. The molecule has 3 atom stereocenters. The van der Waals surface area contributed by atoms with E-state index in [-0.39, 0.29) is 11.4 Å². The van der Waals surface area contributed by atoms with Gasteiger partial charge in [0.2, 0.25) is 5.88 Å². The molecule has 0 N–H and O–H groups in total. The van der Waals surface area contributed by atoms with Crippen molar-refractivity contribution in [3.63, 3.8) is 0 Å². The fourth-order valence-electron chi connectivity index (χ4n) is 2.27. The summed E-state index contributed by atoms with van der Waals surface area (Å²) >= 11 is 6.26. The Morgan fingerprint density at radius 2 is 2.10 bits per heavy atom. The Kier molecular flexibility index (Phi) is 5.22. The molecule has 0 aliphatic rings. The molecule has 0 aliphatic heterocycles. The summed E-state index contributed by atoms with van der Waals surface area (Å²) in [6, 6.07) is 3.79. The number of fused-ring (bicyclic) bond motifs is 1. The highest BCUT2D eigenvalue weighted by Crippen LogP contribution is 2.29. The van der Waals surface area contributed by atoms with Crippen molar-refractivity contribution < 1.29 is 8.95 Å². The van der Waals surface area contributed by atoms with Gasteiger partial charge in [0.25, 0.3) is 0 Å². The first-order valence-corrected chi connectivity index (χ1v) is 8.97. The fraction of sp³-hybridized carbons (Fsp3) is 0.571. The van der Waals surface area contributed by atoms with Gasteiger partial charge in [-0.2, -0.15) is 4.98 Å². The van der Waals surface area contributed by atoms with Crippen molar-refractivity contribution in [3.8, 4) is 5.88 Å². The molecule has 0 spiro atoms. The van der Waals surface area contributed by atoms with Crippen molar-refractivity contribution in [2.45, 2.75) is 31.7 Å². The third-order valence-corrected chi connectivity index (χ3v) is 4.37. The second-order valence-corrected chi connectivity index (χ2v) is 7.28. The highest BCUT2D eigenvalue weighted by atomic mass is 35.5. The highest BCUT2D eigenvalue weighted by molar-refractivity contribution is 7.84. The van der Waals surface area contributed by atoms with E-state index in [2.05, 4.69) is 16.9 Å². The summed E-state index contributed by atoms with van der Waals surface area (Å²) in [5.74, 6) is 1.96. The zero-order chi connectivity index (χ0) is 15.6. The largest absolute Gasteiger partial charge is 0.481 e. The summed E-state index contributed by atoms with van der Waals surface area (Å²) in [4.78, 5) is 9.06. The van der Waals surface area contributed by atoms with Crippen LogP contribution in [0.4, 0.5) is 0 Å². The minimum Gasteiger partial charge on any atom is -0.481 e. The molecule has 0 amide bonds. The van der Waals surface area contributed by atoms with Crippen LogP contribution in [-0.4, -0.2) is 37.9 Å². The summed E-state index contributed by atoms with van der Waals surface area (Å²) in [5.41, 5.74) is 1.55. The average molecular weight is 330 g/mol. The average Bonchev–Trinajstić information content (AvgIpc) is 2.83. The predicted molar refractivity (Wildman–Crippen MR) is 86.6 cm³/mol. The second kappa shape index (κ2) is 6.75. The minimum absolute atomic E-state index is 0.120. The van der Waals surface area contributed by atoms with Crippen LogP contribution in [0.3, 0.4) is 0 Å². The van der Waals surface area contributed by atoms with Crippen molar-refractivity contribution >= 4 is 33.6 Å². The van der Waals surface area contributed by atoms with Gasteiger partial charge in [-0.3, -0.25) is 4.21 Å². The summed E-state index contributed by atoms with van der Waals surface area (Å²) in [6.07, 6.45) is 2.50. The third-order valence-electron chi connectivity index (χ3n) is 3.37. The number of alkyl halides is 1. The molecule has 7 heteroatoms. The SMILES string of the molecule is COc1ccc2nc(C(C)Cl)n(C(C)CCS(C)=O)c2n1. The first-order valence-electron chi connectivity index (χ1n) is 6.81. The maximum atomic E-state index is 11.3. The van der Waals surface area contributed by atoms with Crippen LogP contribution in [0.5, 0.6) is 5.88 Å². The Morgan fingerprint density at radius 1 is 1.38 bits per heavy atom. The van der Waals surface area contributed by atoms with E-state index in [9.17, 15) is 4.21 Å². The minimum atomic E-state index is -0.817. The van der Waals surface area contributed by atoms with Gasteiger partial charge >= 0.3 is 0 Å². The van der Waals surface area contributed by atoms with Gasteiger partial charge in [0, 0.05) is 34.9 Å². The highest BCUT2D eigenvalue weighted by Gasteiger charge is 2.20. The van der Waals surface area contributed by atoms with Crippen LogP contribution < -0.4 is 4.74 Å². The molecule has 2 heterocycles. The molecule has 2 aromatic rings.